The van der Waals surface area contributed by atoms with Gasteiger partial charge in [-0.2, -0.15) is 0 Å². The van der Waals surface area contributed by atoms with Gasteiger partial charge >= 0.3 is 0 Å². The fourth-order valence-corrected chi connectivity index (χ4v) is 2.39. The topological polar surface area (TPSA) is 29.1 Å². The predicted octanol–water partition coefficient (Wildman–Crippen LogP) is 2.49. The SMILES string of the molecule is CC(CNC(c1ccccc1)C1CC1)S(C)=O. The average Bonchev–Trinajstić information content (AvgIpc) is 3.15. The molecule has 0 heterocycles. The third kappa shape index (κ3) is 3.65. The zero-order chi connectivity index (χ0) is 12.3. The molecule has 2 nitrogen and oxygen atoms in total. The summed E-state index contributed by atoms with van der Waals surface area (Å²) < 4.78 is 11.3. The van der Waals surface area contributed by atoms with E-state index in [1.807, 2.05) is 6.92 Å². The van der Waals surface area contributed by atoms with Crippen LogP contribution in [0.25, 0.3) is 0 Å². The first-order valence-corrected chi connectivity index (χ1v) is 7.91. The molecule has 1 aromatic rings. The molecule has 0 saturated heterocycles. The van der Waals surface area contributed by atoms with Crippen molar-refractivity contribution in [3.05, 3.63) is 35.9 Å². The maximum Gasteiger partial charge on any atom is 0.0441 e. The maximum atomic E-state index is 11.3. The van der Waals surface area contributed by atoms with Gasteiger partial charge in [-0.05, 0) is 31.2 Å². The van der Waals surface area contributed by atoms with E-state index in [0.717, 1.165) is 12.5 Å². The molecule has 1 aliphatic rings. The minimum Gasteiger partial charge on any atom is -0.309 e. The van der Waals surface area contributed by atoms with Crippen molar-refractivity contribution in [3.63, 3.8) is 0 Å². The second-order valence-corrected chi connectivity index (χ2v) is 6.75. The van der Waals surface area contributed by atoms with Crippen LogP contribution >= 0.6 is 0 Å². The summed E-state index contributed by atoms with van der Waals surface area (Å²) in [5.41, 5.74) is 1.36. The van der Waals surface area contributed by atoms with E-state index in [0.29, 0.717) is 6.04 Å². The summed E-state index contributed by atoms with van der Waals surface area (Å²) in [6.07, 6.45) is 4.41. The largest absolute Gasteiger partial charge is 0.309 e. The smallest absolute Gasteiger partial charge is 0.0441 e. The zero-order valence-electron chi connectivity index (χ0n) is 10.6. The summed E-state index contributed by atoms with van der Waals surface area (Å²) in [7, 11) is -0.738. The Bertz CT molecular complexity index is 375. The Labute approximate surface area is 106 Å². The van der Waals surface area contributed by atoms with Crippen molar-refractivity contribution in [1.82, 2.24) is 5.32 Å². The zero-order valence-corrected chi connectivity index (χ0v) is 11.4. The van der Waals surface area contributed by atoms with Crippen LogP contribution < -0.4 is 5.32 Å². The van der Waals surface area contributed by atoms with E-state index in [9.17, 15) is 4.21 Å². The molecule has 0 aromatic heterocycles. The van der Waals surface area contributed by atoms with Gasteiger partial charge in [-0.25, -0.2) is 0 Å². The monoisotopic (exact) mass is 251 g/mol. The van der Waals surface area contributed by atoms with Crippen LogP contribution in [0.15, 0.2) is 30.3 Å². The highest BCUT2D eigenvalue weighted by Crippen LogP contribution is 2.40. The minimum atomic E-state index is -0.738. The average molecular weight is 251 g/mol. The van der Waals surface area contributed by atoms with Crippen LogP contribution in [-0.4, -0.2) is 22.3 Å². The molecular weight excluding hydrogens is 230 g/mol. The summed E-state index contributed by atoms with van der Waals surface area (Å²) >= 11 is 0. The van der Waals surface area contributed by atoms with E-state index in [2.05, 4.69) is 35.6 Å². The third-order valence-corrected chi connectivity index (χ3v) is 4.74. The molecule has 0 aliphatic heterocycles. The van der Waals surface area contributed by atoms with Gasteiger partial charge in [0.25, 0.3) is 0 Å². The molecule has 1 saturated carbocycles. The lowest BCUT2D eigenvalue weighted by atomic mass is 10.0. The van der Waals surface area contributed by atoms with Crippen LogP contribution in [0.1, 0.15) is 31.4 Å². The molecule has 3 heteroatoms. The van der Waals surface area contributed by atoms with Gasteiger partial charge in [0, 0.05) is 34.9 Å². The molecule has 94 valence electrons. The Morgan fingerprint density at radius 3 is 2.53 bits per heavy atom. The van der Waals surface area contributed by atoms with Crippen molar-refractivity contribution >= 4 is 10.8 Å². The lowest BCUT2D eigenvalue weighted by Crippen LogP contribution is -2.32. The van der Waals surface area contributed by atoms with Crippen molar-refractivity contribution in [2.45, 2.75) is 31.1 Å². The van der Waals surface area contributed by atoms with Crippen LogP contribution in [0.4, 0.5) is 0 Å². The molecule has 3 atom stereocenters. The molecule has 3 unspecified atom stereocenters. The standard InChI is InChI=1S/C14H21NOS/c1-11(17(2)16)10-15-14(13-8-9-13)12-6-4-3-5-7-12/h3-7,11,13-15H,8-10H2,1-2H3. The number of nitrogens with one attached hydrogen (secondary N) is 1. The van der Waals surface area contributed by atoms with Crippen LogP contribution in [0.2, 0.25) is 0 Å². The van der Waals surface area contributed by atoms with E-state index in [1.165, 1.54) is 18.4 Å². The summed E-state index contributed by atoms with van der Waals surface area (Å²) in [5, 5.41) is 3.81. The predicted molar refractivity (Wildman–Crippen MR) is 73.4 cm³/mol. The highest BCUT2D eigenvalue weighted by molar-refractivity contribution is 7.84. The third-order valence-electron chi connectivity index (χ3n) is 3.44. The van der Waals surface area contributed by atoms with Gasteiger partial charge in [0.1, 0.15) is 0 Å². The van der Waals surface area contributed by atoms with Crippen molar-refractivity contribution in [2.24, 2.45) is 5.92 Å². The number of rotatable bonds is 6. The molecule has 0 spiro atoms. The second-order valence-electron chi connectivity index (χ2n) is 4.94. The van der Waals surface area contributed by atoms with Crippen LogP contribution in [0.3, 0.4) is 0 Å². The first-order chi connectivity index (χ1) is 8.18. The van der Waals surface area contributed by atoms with E-state index >= 15 is 0 Å². The molecule has 0 radical (unpaired) electrons. The quantitative estimate of drug-likeness (QED) is 0.841. The van der Waals surface area contributed by atoms with Crippen LogP contribution in [-0.2, 0) is 10.8 Å². The van der Waals surface area contributed by atoms with Gasteiger partial charge in [-0.1, -0.05) is 30.3 Å². The summed E-state index contributed by atoms with van der Waals surface area (Å²) in [4.78, 5) is 0. The van der Waals surface area contributed by atoms with E-state index in [1.54, 1.807) is 6.26 Å². The Balaban J connectivity index is 1.97. The number of benzene rings is 1. The first-order valence-electron chi connectivity index (χ1n) is 6.29. The highest BCUT2D eigenvalue weighted by atomic mass is 32.2. The maximum absolute atomic E-state index is 11.3. The molecular formula is C14H21NOS. The highest BCUT2D eigenvalue weighted by Gasteiger charge is 2.32. The number of hydrogen-bond donors (Lipinski definition) is 1. The Kier molecular flexibility index (Phi) is 4.35. The summed E-state index contributed by atoms with van der Waals surface area (Å²) in [5.74, 6) is 0.773. The molecule has 1 aromatic carbocycles. The Morgan fingerprint density at radius 1 is 1.35 bits per heavy atom. The summed E-state index contributed by atoms with van der Waals surface area (Å²) in [6, 6.07) is 11.0. The van der Waals surface area contributed by atoms with Crippen molar-refractivity contribution < 1.29 is 4.21 Å². The normalized spacial score (nSPS) is 20.8. The molecule has 2 rings (SSSR count). The van der Waals surface area contributed by atoms with E-state index in [4.69, 9.17) is 0 Å². The van der Waals surface area contributed by atoms with Crippen molar-refractivity contribution in [3.8, 4) is 0 Å². The molecule has 0 bridgehead atoms. The van der Waals surface area contributed by atoms with Gasteiger partial charge in [-0.3, -0.25) is 4.21 Å². The van der Waals surface area contributed by atoms with E-state index in [-0.39, 0.29) is 5.25 Å². The molecule has 0 amide bonds. The lowest BCUT2D eigenvalue weighted by molar-refractivity contribution is 0.482. The molecule has 1 fully saturated rings. The molecule has 1 aliphatic carbocycles. The second kappa shape index (κ2) is 5.78. The van der Waals surface area contributed by atoms with Crippen LogP contribution in [0.5, 0.6) is 0 Å². The van der Waals surface area contributed by atoms with Gasteiger partial charge in [0.05, 0.1) is 0 Å². The summed E-state index contributed by atoms with van der Waals surface area (Å²) in [6.45, 7) is 2.87. The first kappa shape index (κ1) is 12.8. The molecule has 1 N–H and O–H groups in total. The minimum absolute atomic E-state index is 0.222. The Morgan fingerprint density at radius 2 is 2.00 bits per heavy atom. The molecule has 17 heavy (non-hydrogen) atoms. The van der Waals surface area contributed by atoms with Gasteiger partial charge in [-0.15, -0.1) is 0 Å². The van der Waals surface area contributed by atoms with E-state index < -0.39 is 10.8 Å². The lowest BCUT2D eigenvalue weighted by Gasteiger charge is -2.20. The number of hydrogen-bond acceptors (Lipinski definition) is 2. The Hall–Kier alpha value is -0.670. The van der Waals surface area contributed by atoms with Crippen molar-refractivity contribution in [2.75, 3.05) is 12.8 Å². The fraction of sp³-hybridized carbons (Fsp3) is 0.571. The van der Waals surface area contributed by atoms with Crippen molar-refractivity contribution in [1.29, 1.82) is 0 Å². The van der Waals surface area contributed by atoms with Gasteiger partial charge < -0.3 is 5.32 Å². The van der Waals surface area contributed by atoms with Gasteiger partial charge in [0.2, 0.25) is 0 Å². The fourth-order valence-electron chi connectivity index (χ4n) is 2.06. The van der Waals surface area contributed by atoms with Gasteiger partial charge in [0.15, 0.2) is 0 Å². The van der Waals surface area contributed by atoms with Crippen LogP contribution in [0, 0.1) is 5.92 Å².